The fraction of sp³-hybridized carbons (Fsp3) is 0.167. The second-order valence-corrected chi connectivity index (χ2v) is 4.93. The van der Waals surface area contributed by atoms with E-state index >= 15 is 0 Å². The van der Waals surface area contributed by atoms with Crippen molar-refractivity contribution in [1.82, 2.24) is 0 Å². The van der Waals surface area contributed by atoms with Crippen LogP contribution in [0, 0.1) is 11.3 Å². The molecule has 0 saturated heterocycles. The van der Waals surface area contributed by atoms with Gasteiger partial charge in [0.2, 0.25) is 0 Å². The number of rotatable bonds is 5. The predicted molar refractivity (Wildman–Crippen MR) is 89.0 cm³/mol. The van der Waals surface area contributed by atoms with E-state index in [0.717, 1.165) is 17.7 Å². The van der Waals surface area contributed by atoms with Crippen LogP contribution in [0.15, 0.2) is 42.5 Å². The van der Waals surface area contributed by atoms with Crippen LogP contribution in [0.2, 0.25) is 0 Å². The minimum absolute atomic E-state index is 0.00230. The Labute approximate surface area is 144 Å². The van der Waals surface area contributed by atoms with Crippen LogP contribution in [-0.2, 0) is 16.1 Å². The first kappa shape index (κ1) is 17.8. The summed E-state index contributed by atoms with van der Waals surface area (Å²) in [6.07, 6.45) is -0.788. The first-order chi connectivity index (χ1) is 12.0. The molecule has 128 valence electrons. The molecular weight excluding hydrogens is 324 g/mol. The second kappa shape index (κ2) is 8.36. The Kier molecular flexibility index (Phi) is 5.96. The molecule has 0 saturated carbocycles. The third-order valence-electron chi connectivity index (χ3n) is 3.20. The van der Waals surface area contributed by atoms with E-state index in [4.69, 9.17) is 9.47 Å². The van der Waals surface area contributed by atoms with Crippen LogP contribution in [0.25, 0.3) is 0 Å². The lowest BCUT2D eigenvalue weighted by Crippen LogP contribution is -2.15. The van der Waals surface area contributed by atoms with Crippen LogP contribution >= 0.6 is 0 Å². The van der Waals surface area contributed by atoms with Crippen LogP contribution in [0.5, 0.6) is 5.75 Å². The molecule has 0 spiro atoms. The third kappa shape index (κ3) is 4.72. The molecular formula is C18H16N2O5. The molecule has 0 aliphatic rings. The maximum Gasteiger partial charge on any atom is 0.411 e. The van der Waals surface area contributed by atoms with Crippen molar-refractivity contribution in [3.8, 4) is 11.8 Å². The van der Waals surface area contributed by atoms with Crippen molar-refractivity contribution >= 4 is 17.7 Å². The van der Waals surface area contributed by atoms with E-state index in [2.05, 4.69) is 5.32 Å². The molecule has 0 radical (unpaired) electrons. The summed E-state index contributed by atoms with van der Waals surface area (Å²) < 4.78 is 9.85. The number of aromatic hydroxyl groups is 1. The number of esters is 1. The summed E-state index contributed by atoms with van der Waals surface area (Å²) in [5.74, 6) is -1.16. The van der Waals surface area contributed by atoms with E-state index < -0.39 is 17.8 Å². The normalized spacial score (nSPS) is 9.76. The van der Waals surface area contributed by atoms with Crippen LogP contribution in [0.4, 0.5) is 10.5 Å². The Bertz CT molecular complexity index is 812. The molecule has 0 aliphatic heterocycles. The quantitative estimate of drug-likeness (QED) is 0.809. The summed E-state index contributed by atoms with van der Waals surface area (Å²) in [6, 6.07) is 13.2. The van der Waals surface area contributed by atoms with E-state index in [1.165, 1.54) is 0 Å². The van der Waals surface area contributed by atoms with Gasteiger partial charge in [-0.25, -0.2) is 9.59 Å². The van der Waals surface area contributed by atoms with Gasteiger partial charge in [0, 0.05) is 6.07 Å². The molecule has 0 fully saturated rings. The Balaban J connectivity index is 2.11. The zero-order valence-corrected chi connectivity index (χ0v) is 13.5. The van der Waals surface area contributed by atoms with E-state index in [9.17, 15) is 20.0 Å². The first-order valence-electron chi connectivity index (χ1n) is 7.47. The van der Waals surface area contributed by atoms with Crippen molar-refractivity contribution in [2.45, 2.75) is 13.5 Å². The molecule has 0 aliphatic carbocycles. The number of hydrogen-bond donors (Lipinski definition) is 2. The van der Waals surface area contributed by atoms with Crippen molar-refractivity contribution in [2.24, 2.45) is 0 Å². The summed E-state index contributed by atoms with van der Waals surface area (Å²) >= 11 is 0. The van der Waals surface area contributed by atoms with Gasteiger partial charge in [0.15, 0.2) is 0 Å². The fourth-order valence-electron chi connectivity index (χ4n) is 2.03. The van der Waals surface area contributed by atoms with E-state index in [1.807, 2.05) is 24.3 Å². The van der Waals surface area contributed by atoms with E-state index in [0.29, 0.717) is 0 Å². The molecule has 0 aromatic heterocycles. The molecule has 1 amide bonds. The number of phenols is 1. The third-order valence-corrected chi connectivity index (χ3v) is 3.20. The summed E-state index contributed by atoms with van der Waals surface area (Å²) in [7, 11) is 0. The van der Waals surface area contributed by atoms with Crippen molar-refractivity contribution in [1.29, 1.82) is 5.26 Å². The number of ether oxygens (including phenoxy) is 2. The summed E-state index contributed by atoms with van der Waals surface area (Å²) in [5.41, 5.74) is 0.684. The van der Waals surface area contributed by atoms with Crippen molar-refractivity contribution in [3.63, 3.8) is 0 Å². The Morgan fingerprint density at radius 2 is 1.92 bits per heavy atom. The zero-order valence-electron chi connectivity index (χ0n) is 13.5. The lowest BCUT2D eigenvalue weighted by Gasteiger charge is -2.11. The number of nitrogens with zero attached hydrogens (tertiary/aromatic N) is 1. The van der Waals surface area contributed by atoms with Crippen LogP contribution in [0.1, 0.15) is 28.4 Å². The van der Waals surface area contributed by atoms with Gasteiger partial charge < -0.3 is 14.6 Å². The lowest BCUT2D eigenvalue weighted by molar-refractivity contribution is 0.0523. The maximum absolute atomic E-state index is 11.9. The topological polar surface area (TPSA) is 109 Å². The highest BCUT2D eigenvalue weighted by Crippen LogP contribution is 2.27. The Morgan fingerprint density at radius 3 is 2.56 bits per heavy atom. The average Bonchev–Trinajstić information content (AvgIpc) is 2.61. The number of phenolic OH excluding ortho intramolecular Hbond substituents is 1. The molecule has 7 nitrogen and oxygen atoms in total. The smallest absolute Gasteiger partial charge is 0.411 e. The molecule has 0 heterocycles. The number of nitriles is 1. The molecule has 0 unspecified atom stereocenters. The fourth-order valence-corrected chi connectivity index (χ4v) is 2.03. The van der Waals surface area contributed by atoms with Crippen molar-refractivity contribution in [3.05, 3.63) is 59.2 Å². The molecule has 2 N–H and O–H groups in total. The number of amides is 1. The summed E-state index contributed by atoms with van der Waals surface area (Å²) in [6.45, 7) is 1.81. The molecule has 2 aromatic carbocycles. The molecule has 0 atom stereocenters. The SMILES string of the molecule is CCOC(=O)c1cc(C#N)c(NC(=O)OCc2ccccc2)cc1O. The number of anilines is 1. The van der Waals surface area contributed by atoms with Crippen LogP contribution < -0.4 is 5.32 Å². The minimum Gasteiger partial charge on any atom is -0.507 e. The van der Waals surface area contributed by atoms with E-state index in [1.54, 1.807) is 19.1 Å². The standard InChI is InChI=1S/C18H16N2O5/c1-2-24-17(22)14-8-13(10-19)15(9-16(14)21)20-18(23)25-11-12-6-4-3-5-7-12/h3-9,21H,2,11H2,1H3,(H,20,23). The number of benzene rings is 2. The van der Waals surface area contributed by atoms with Crippen LogP contribution in [0.3, 0.4) is 0 Å². The molecule has 0 bridgehead atoms. The molecule has 2 aromatic rings. The van der Waals surface area contributed by atoms with Gasteiger partial charge in [-0.1, -0.05) is 30.3 Å². The highest BCUT2D eigenvalue weighted by Gasteiger charge is 2.18. The lowest BCUT2D eigenvalue weighted by atomic mass is 10.1. The second-order valence-electron chi connectivity index (χ2n) is 4.93. The maximum atomic E-state index is 11.9. The monoisotopic (exact) mass is 340 g/mol. The highest BCUT2D eigenvalue weighted by atomic mass is 16.5. The first-order valence-corrected chi connectivity index (χ1v) is 7.47. The van der Waals surface area contributed by atoms with Gasteiger partial charge in [-0.05, 0) is 18.6 Å². The predicted octanol–water partition coefficient (Wildman–Crippen LogP) is 3.19. The average molecular weight is 340 g/mol. The van der Waals surface area contributed by atoms with Gasteiger partial charge in [-0.15, -0.1) is 0 Å². The van der Waals surface area contributed by atoms with Gasteiger partial charge in [0.1, 0.15) is 24.0 Å². The van der Waals surface area contributed by atoms with Gasteiger partial charge >= 0.3 is 12.1 Å². The van der Waals surface area contributed by atoms with Gasteiger partial charge in [-0.2, -0.15) is 5.26 Å². The summed E-state index contributed by atoms with van der Waals surface area (Å²) in [5, 5.41) is 21.5. The van der Waals surface area contributed by atoms with E-state index in [-0.39, 0.29) is 30.0 Å². The highest BCUT2D eigenvalue weighted by molar-refractivity contribution is 5.95. The number of carbonyl (C=O) groups is 2. The Hall–Kier alpha value is -3.53. The minimum atomic E-state index is -0.788. The van der Waals surface area contributed by atoms with Crippen molar-refractivity contribution in [2.75, 3.05) is 11.9 Å². The number of carbonyl (C=O) groups excluding carboxylic acids is 2. The van der Waals surface area contributed by atoms with Gasteiger partial charge in [0.05, 0.1) is 17.9 Å². The summed E-state index contributed by atoms with van der Waals surface area (Å²) in [4.78, 5) is 23.6. The molecule has 7 heteroatoms. The Morgan fingerprint density at radius 1 is 1.20 bits per heavy atom. The molecule has 2 rings (SSSR count). The molecule has 25 heavy (non-hydrogen) atoms. The van der Waals surface area contributed by atoms with Crippen LogP contribution in [-0.4, -0.2) is 23.8 Å². The number of nitrogens with one attached hydrogen (secondary N) is 1. The zero-order chi connectivity index (χ0) is 18.2. The van der Waals surface area contributed by atoms with Gasteiger partial charge in [0.25, 0.3) is 0 Å². The van der Waals surface area contributed by atoms with Gasteiger partial charge in [-0.3, -0.25) is 5.32 Å². The van der Waals surface area contributed by atoms with Crippen molar-refractivity contribution < 1.29 is 24.2 Å². The number of hydrogen-bond acceptors (Lipinski definition) is 6. The largest absolute Gasteiger partial charge is 0.507 e.